The number of thioether (sulfide) groups is 1. The molecule has 0 fully saturated rings. The number of halogens is 1. The monoisotopic (exact) mass is 253 g/mol. The first-order chi connectivity index (χ1) is 7.69. The first-order valence-electron chi connectivity index (χ1n) is 4.81. The van der Waals surface area contributed by atoms with Gasteiger partial charge in [0.15, 0.2) is 0 Å². The quantitative estimate of drug-likeness (QED) is 0.856. The second-order valence-electron chi connectivity index (χ2n) is 3.40. The molecule has 0 saturated heterocycles. The Morgan fingerprint density at radius 3 is 2.88 bits per heavy atom. The van der Waals surface area contributed by atoms with Crippen molar-refractivity contribution in [3.05, 3.63) is 40.9 Å². The van der Waals surface area contributed by atoms with Crippen LogP contribution in [-0.2, 0) is 6.54 Å². The van der Waals surface area contributed by atoms with Gasteiger partial charge in [-0.05, 0) is 24.0 Å². The highest BCUT2D eigenvalue weighted by molar-refractivity contribution is 7.98. The summed E-state index contributed by atoms with van der Waals surface area (Å²) in [6.45, 7) is 0.646. The van der Waals surface area contributed by atoms with Crippen LogP contribution in [0.1, 0.15) is 5.56 Å². The minimum Gasteiger partial charge on any atom is -0.384 e. The lowest BCUT2D eigenvalue weighted by Gasteiger charge is -2.04. The van der Waals surface area contributed by atoms with Crippen LogP contribution >= 0.6 is 23.4 Å². The Labute approximate surface area is 104 Å². The molecular formula is C11H12ClN3S. The van der Waals surface area contributed by atoms with E-state index in [1.807, 2.05) is 36.6 Å². The third-order valence-corrected chi connectivity index (χ3v) is 3.07. The summed E-state index contributed by atoms with van der Waals surface area (Å²) in [6, 6.07) is 9.57. The first kappa shape index (κ1) is 11.4. The van der Waals surface area contributed by atoms with Crippen molar-refractivity contribution in [2.45, 2.75) is 11.6 Å². The summed E-state index contributed by atoms with van der Waals surface area (Å²) in [5, 5.41) is 6.02. The highest BCUT2D eigenvalue weighted by atomic mass is 35.5. The highest BCUT2D eigenvalue weighted by Crippen LogP contribution is 2.18. The normalized spacial score (nSPS) is 10.6. The lowest BCUT2D eigenvalue weighted by molar-refractivity contribution is 0.675. The predicted octanol–water partition coefficient (Wildman–Crippen LogP) is 2.89. The number of benzene rings is 1. The minimum atomic E-state index is 0.646. The lowest BCUT2D eigenvalue weighted by Crippen LogP contribution is -2.05. The molecule has 0 amide bonds. The zero-order valence-electron chi connectivity index (χ0n) is 8.85. The molecule has 0 saturated carbocycles. The van der Waals surface area contributed by atoms with Crippen molar-refractivity contribution < 1.29 is 0 Å². The number of hydrogen-bond acceptors (Lipinski definition) is 3. The molecule has 0 radical (unpaired) electrons. The molecule has 1 aromatic heterocycles. The van der Waals surface area contributed by atoms with Crippen LogP contribution in [0.3, 0.4) is 0 Å². The Morgan fingerprint density at radius 2 is 2.25 bits per heavy atom. The molecule has 0 atom stereocenters. The summed E-state index contributed by atoms with van der Waals surface area (Å²) in [6.07, 6.45) is 1.98. The fourth-order valence-corrected chi connectivity index (χ4v) is 2.07. The van der Waals surface area contributed by atoms with E-state index in [-0.39, 0.29) is 0 Å². The molecule has 2 N–H and O–H groups in total. The van der Waals surface area contributed by atoms with E-state index in [4.69, 9.17) is 17.3 Å². The summed E-state index contributed by atoms with van der Waals surface area (Å²) in [7, 11) is 0. The van der Waals surface area contributed by atoms with Gasteiger partial charge in [-0.2, -0.15) is 5.10 Å². The molecule has 0 bridgehead atoms. The van der Waals surface area contributed by atoms with Crippen LogP contribution in [0.15, 0.2) is 35.4 Å². The van der Waals surface area contributed by atoms with E-state index in [0.717, 1.165) is 15.6 Å². The van der Waals surface area contributed by atoms with Gasteiger partial charge in [-0.1, -0.05) is 23.7 Å². The van der Waals surface area contributed by atoms with Gasteiger partial charge < -0.3 is 5.73 Å². The molecule has 2 rings (SSSR count). The van der Waals surface area contributed by atoms with E-state index in [9.17, 15) is 0 Å². The van der Waals surface area contributed by atoms with Crippen molar-refractivity contribution in [1.29, 1.82) is 0 Å². The van der Waals surface area contributed by atoms with Crippen molar-refractivity contribution >= 4 is 29.2 Å². The van der Waals surface area contributed by atoms with Gasteiger partial charge in [0, 0.05) is 11.1 Å². The van der Waals surface area contributed by atoms with Crippen molar-refractivity contribution in [1.82, 2.24) is 9.78 Å². The molecule has 0 aliphatic rings. The molecule has 1 heterocycles. The maximum absolute atomic E-state index is 5.92. The van der Waals surface area contributed by atoms with Gasteiger partial charge in [-0.3, -0.25) is 0 Å². The standard InChI is InChI=1S/C11H12ClN3S/c1-16-11-6-10(13)15(14-11)7-8-3-2-4-9(12)5-8/h2-6H,7,13H2,1H3. The lowest BCUT2D eigenvalue weighted by atomic mass is 10.2. The van der Waals surface area contributed by atoms with E-state index in [0.29, 0.717) is 12.4 Å². The summed E-state index contributed by atoms with van der Waals surface area (Å²) < 4.78 is 1.78. The Morgan fingerprint density at radius 1 is 1.44 bits per heavy atom. The molecule has 1 aromatic carbocycles. The van der Waals surface area contributed by atoms with Gasteiger partial charge in [-0.15, -0.1) is 11.8 Å². The van der Waals surface area contributed by atoms with E-state index in [1.54, 1.807) is 16.4 Å². The Kier molecular flexibility index (Phi) is 3.41. The molecule has 0 unspecified atom stereocenters. The van der Waals surface area contributed by atoms with Crippen LogP contribution in [-0.4, -0.2) is 16.0 Å². The summed E-state index contributed by atoms with van der Waals surface area (Å²) in [5.41, 5.74) is 6.95. The Balaban J connectivity index is 2.23. The van der Waals surface area contributed by atoms with Gasteiger partial charge in [0.05, 0.1) is 6.54 Å². The average molecular weight is 254 g/mol. The van der Waals surface area contributed by atoms with Gasteiger partial charge in [0.2, 0.25) is 0 Å². The van der Waals surface area contributed by atoms with Gasteiger partial charge >= 0.3 is 0 Å². The van der Waals surface area contributed by atoms with E-state index in [2.05, 4.69) is 5.10 Å². The zero-order chi connectivity index (χ0) is 11.5. The fourth-order valence-electron chi connectivity index (χ4n) is 1.44. The molecule has 3 nitrogen and oxygen atoms in total. The number of rotatable bonds is 3. The van der Waals surface area contributed by atoms with Crippen molar-refractivity contribution in [3.8, 4) is 0 Å². The molecule has 2 aromatic rings. The maximum atomic E-state index is 5.92. The molecule has 0 spiro atoms. The number of anilines is 1. The zero-order valence-corrected chi connectivity index (χ0v) is 10.4. The molecule has 0 aliphatic heterocycles. The van der Waals surface area contributed by atoms with Crippen molar-refractivity contribution in [2.24, 2.45) is 0 Å². The summed E-state index contributed by atoms with van der Waals surface area (Å²) in [5.74, 6) is 0.671. The highest BCUT2D eigenvalue weighted by Gasteiger charge is 2.04. The smallest absolute Gasteiger partial charge is 0.123 e. The molecule has 16 heavy (non-hydrogen) atoms. The van der Waals surface area contributed by atoms with E-state index < -0.39 is 0 Å². The van der Waals surface area contributed by atoms with Crippen LogP contribution in [0.4, 0.5) is 5.82 Å². The van der Waals surface area contributed by atoms with Crippen LogP contribution < -0.4 is 5.73 Å². The fraction of sp³-hybridized carbons (Fsp3) is 0.182. The van der Waals surface area contributed by atoms with Crippen LogP contribution in [0.25, 0.3) is 0 Å². The minimum absolute atomic E-state index is 0.646. The Bertz CT molecular complexity index is 496. The van der Waals surface area contributed by atoms with Gasteiger partial charge in [-0.25, -0.2) is 4.68 Å². The topological polar surface area (TPSA) is 43.8 Å². The van der Waals surface area contributed by atoms with Crippen LogP contribution in [0, 0.1) is 0 Å². The SMILES string of the molecule is CSc1cc(N)n(Cc2cccc(Cl)c2)n1. The van der Waals surface area contributed by atoms with Crippen LogP contribution in [0.2, 0.25) is 5.02 Å². The molecule has 84 valence electrons. The molecular weight excluding hydrogens is 242 g/mol. The third kappa shape index (κ3) is 2.51. The van der Waals surface area contributed by atoms with E-state index >= 15 is 0 Å². The maximum Gasteiger partial charge on any atom is 0.123 e. The van der Waals surface area contributed by atoms with Crippen molar-refractivity contribution in [3.63, 3.8) is 0 Å². The second-order valence-corrected chi connectivity index (χ2v) is 4.66. The number of hydrogen-bond donors (Lipinski definition) is 1. The van der Waals surface area contributed by atoms with Crippen LogP contribution in [0.5, 0.6) is 0 Å². The number of aromatic nitrogens is 2. The summed E-state index contributed by atoms with van der Waals surface area (Å²) in [4.78, 5) is 0. The molecule has 5 heteroatoms. The van der Waals surface area contributed by atoms with E-state index in [1.165, 1.54) is 0 Å². The Hall–Kier alpha value is -1.13. The number of nitrogen functional groups attached to an aromatic ring is 1. The van der Waals surface area contributed by atoms with Gasteiger partial charge in [0.25, 0.3) is 0 Å². The largest absolute Gasteiger partial charge is 0.384 e. The first-order valence-corrected chi connectivity index (χ1v) is 6.41. The predicted molar refractivity (Wildman–Crippen MR) is 69.0 cm³/mol. The van der Waals surface area contributed by atoms with Crippen molar-refractivity contribution in [2.75, 3.05) is 12.0 Å². The number of nitrogens with two attached hydrogens (primary N) is 1. The summed E-state index contributed by atoms with van der Waals surface area (Å²) >= 11 is 7.50. The number of nitrogens with zero attached hydrogens (tertiary/aromatic N) is 2. The second kappa shape index (κ2) is 4.80. The average Bonchev–Trinajstić information content (AvgIpc) is 2.60. The molecule has 0 aliphatic carbocycles. The van der Waals surface area contributed by atoms with Gasteiger partial charge in [0.1, 0.15) is 10.8 Å². The third-order valence-electron chi connectivity index (χ3n) is 2.22.